The summed E-state index contributed by atoms with van der Waals surface area (Å²) in [5.74, 6) is 0. The van der Waals surface area contributed by atoms with Crippen LogP contribution in [0.1, 0.15) is 0 Å². The Balaban J connectivity index is 0.000000132. The number of halogens is 3. The summed E-state index contributed by atoms with van der Waals surface area (Å²) in [5.41, 5.74) is 0. The molecule has 2 nitrogen and oxygen atoms in total. The van der Waals surface area contributed by atoms with E-state index >= 15 is 0 Å². The van der Waals surface area contributed by atoms with Gasteiger partial charge in [0.05, 0.1) is 9.90 Å². The molecule has 0 bridgehead atoms. The van der Waals surface area contributed by atoms with Crippen molar-refractivity contribution in [2.45, 2.75) is 0 Å². The molecule has 1 aromatic heterocycles. The molecule has 0 saturated carbocycles. The molecule has 13 heavy (non-hydrogen) atoms. The smallest absolute Gasteiger partial charge is 0.169 e. The summed E-state index contributed by atoms with van der Waals surface area (Å²) in [6.07, 6.45) is 8.06. The fourth-order valence-corrected chi connectivity index (χ4v) is 3.09. The van der Waals surface area contributed by atoms with Crippen molar-refractivity contribution in [1.29, 1.82) is 0 Å². The van der Waals surface area contributed by atoms with Gasteiger partial charge in [0, 0.05) is 0 Å². The van der Waals surface area contributed by atoms with Crippen LogP contribution < -0.4 is 0 Å². The van der Waals surface area contributed by atoms with Crippen LogP contribution in [0.2, 0.25) is 0 Å². The van der Waals surface area contributed by atoms with Crippen LogP contribution >= 0.6 is 65.9 Å². The molecule has 0 atom stereocenters. The van der Waals surface area contributed by atoms with Gasteiger partial charge in [-0.3, -0.25) is 0 Å². The molecule has 2 rings (SSSR count). The largest absolute Gasteiger partial charge is 0.329 e. The van der Waals surface area contributed by atoms with Crippen molar-refractivity contribution in [3.05, 3.63) is 36.0 Å². The number of aromatic amines is 1. The first-order valence-corrected chi connectivity index (χ1v) is 8.07. The van der Waals surface area contributed by atoms with Gasteiger partial charge in [0.25, 0.3) is 0 Å². The Morgan fingerprint density at radius 1 is 1.23 bits per heavy atom. The number of rotatable bonds is 0. The maximum absolute atomic E-state index is 3.94. The van der Waals surface area contributed by atoms with Gasteiger partial charge in [0.1, 0.15) is 0 Å². The molecule has 1 aliphatic heterocycles. The second-order valence-electron chi connectivity index (χ2n) is 1.98. The monoisotopic (exact) mass is 512 g/mol. The summed E-state index contributed by atoms with van der Waals surface area (Å²) in [6.45, 7) is 0. The summed E-state index contributed by atoms with van der Waals surface area (Å²) < 4.78 is 6.50. The van der Waals surface area contributed by atoms with Crippen LogP contribution in [0.3, 0.4) is 0 Å². The van der Waals surface area contributed by atoms with Gasteiger partial charge >= 0.3 is 0 Å². The maximum Gasteiger partial charge on any atom is 0.169 e. The molecule has 0 amide bonds. The highest BCUT2D eigenvalue weighted by Gasteiger charge is 1.87. The third-order valence-corrected chi connectivity index (χ3v) is 3.78. The van der Waals surface area contributed by atoms with E-state index in [-0.39, 0.29) is 0 Å². The van der Waals surface area contributed by atoms with Crippen molar-refractivity contribution in [2.24, 2.45) is 0 Å². The van der Waals surface area contributed by atoms with E-state index in [1.807, 2.05) is 0 Å². The van der Waals surface area contributed by atoms with Crippen molar-refractivity contribution in [2.75, 3.05) is 0 Å². The van der Waals surface area contributed by atoms with Gasteiger partial charge in [0.2, 0.25) is 0 Å². The molecule has 5 heteroatoms. The van der Waals surface area contributed by atoms with Gasteiger partial charge < -0.3 is 4.98 Å². The van der Waals surface area contributed by atoms with Crippen molar-refractivity contribution in [1.82, 2.24) is 9.97 Å². The number of nitrogens with zero attached hydrogens (tertiary/aromatic N) is 1. The Kier molecular flexibility index (Phi) is 6.45. The van der Waals surface area contributed by atoms with Gasteiger partial charge in [-0.15, -0.1) is 0 Å². The van der Waals surface area contributed by atoms with Crippen molar-refractivity contribution in [3.8, 4) is 0 Å². The molecule has 0 saturated heterocycles. The first-order valence-electron chi connectivity index (χ1n) is 3.42. The van der Waals surface area contributed by atoms with Gasteiger partial charge in [-0.2, -0.15) is 0 Å². The molecule has 0 aliphatic carbocycles. The Morgan fingerprint density at radius 3 is 2.23 bits per heavy atom. The van der Waals surface area contributed by atoms with Gasteiger partial charge in [0.15, 0.2) is 3.83 Å². The molecular formula is C8H7I3N2. The lowest BCUT2D eigenvalue weighted by Gasteiger charge is -1.76. The predicted molar refractivity (Wildman–Crippen MR) is 82.4 cm³/mol. The second kappa shape index (κ2) is 7.10. The molecule has 0 spiro atoms. The average molecular weight is 512 g/mol. The highest BCUT2D eigenvalue weighted by atomic mass is 127. The minimum Gasteiger partial charge on any atom is -0.329 e. The fraction of sp³-hybridized carbons (Fsp3) is 0. The number of imidazole rings is 1. The summed E-state index contributed by atoms with van der Waals surface area (Å²) >= 11 is 4.63. The molecule has 1 aliphatic rings. The summed E-state index contributed by atoms with van der Waals surface area (Å²) in [5, 5.41) is 0. The van der Waals surface area contributed by atoms with Crippen LogP contribution in [0.5, 0.6) is 0 Å². The lowest BCUT2D eigenvalue weighted by atomic mass is 10.5. The normalized spacial score (nSPS) is 13.1. The Hall–Kier alpha value is 0.750. The third kappa shape index (κ3) is 5.94. The quantitative estimate of drug-likeness (QED) is 0.531. The minimum absolute atomic E-state index is 0.322. The van der Waals surface area contributed by atoms with E-state index in [2.05, 4.69) is 81.5 Å². The molecule has 1 aromatic rings. The van der Waals surface area contributed by atoms with E-state index in [1.165, 1.54) is 0 Å². The Bertz CT molecular complexity index is 287. The third-order valence-electron chi connectivity index (χ3n) is 1.03. The van der Waals surface area contributed by atoms with Crippen molar-refractivity contribution < 1.29 is 0 Å². The second-order valence-corrected chi connectivity index (χ2v) is 6.32. The zero-order valence-corrected chi connectivity index (χ0v) is 13.0. The highest BCUT2D eigenvalue weighted by Crippen LogP contribution is 2.01. The zero-order valence-electron chi connectivity index (χ0n) is 6.55. The van der Waals surface area contributed by atoms with E-state index in [4.69, 9.17) is 0 Å². The summed E-state index contributed by atoms with van der Waals surface area (Å²) in [7, 11) is 0. The molecule has 70 valence electrons. The number of hydrogen-bond donors (Lipinski definition) is 1. The lowest BCUT2D eigenvalue weighted by Crippen LogP contribution is -1.68. The van der Waals surface area contributed by atoms with Crippen LogP contribution in [-0.2, 0) is 0 Å². The number of nitrogens with one attached hydrogen (secondary N) is 1. The lowest BCUT2D eigenvalue weighted by molar-refractivity contribution is 1.22. The van der Waals surface area contributed by atoms with Gasteiger partial charge in [-0.25, -0.2) is 4.98 Å². The van der Waals surface area contributed by atoms with E-state index in [0.29, 0.717) is 20.7 Å². The van der Waals surface area contributed by atoms with Crippen LogP contribution in [0, 0.1) is 7.53 Å². The van der Waals surface area contributed by atoms with Crippen molar-refractivity contribution >= 4 is 69.9 Å². The van der Waals surface area contributed by atoms with Crippen LogP contribution in [0.25, 0.3) is 0 Å². The average Bonchev–Trinajstić information content (AvgIpc) is 2.54. The first-order chi connectivity index (χ1) is 6.29. The molecule has 0 fully saturated rings. The number of allylic oxidation sites excluding steroid dienone is 3. The molecule has 1 N–H and O–H groups in total. The highest BCUT2D eigenvalue weighted by molar-refractivity contribution is 14.2. The summed E-state index contributed by atoms with van der Waals surface area (Å²) in [6, 6.07) is 0. The molecule has 0 radical (unpaired) electrons. The van der Waals surface area contributed by atoms with E-state index in [1.54, 1.807) is 6.20 Å². The van der Waals surface area contributed by atoms with Crippen LogP contribution in [0.15, 0.2) is 28.5 Å². The van der Waals surface area contributed by atoms with Crippen LogP contribution in [-0.4, -0.2) is 14.0 Å². The number of H-pyrrole nitrogens is 1. The standard InChI is InChI=1S/C5H5I.C3H2I2N2/c1-2-4-6-5-3-1;4-2-1-6-3(5)7-2/h1-5H;1H,(H,6,7). The maximum atomic E-state index is 3.94. The predicted octanol–water partition coefficient (Wildman–Crippen LogP) is 3.46. The molecule has 0 aromatic carbocycles. The number of hydrogen-bond acceptors (Lipinski definition) is 1. The van der Waals surface area contributed by atoms with Gasteiger partial charge in [-0.05, 0) is 53.3 Å². The summed E-state index contributed by atoms with van der Waals surface area (Å²) in [4.78, 5) is 6.94. The molecule has 2 heterocycles. The Morgan fingerprint density at radius 2 is 2.08 bits per heavy atom. The van der Waals surface area contributed by atoms with E-state index in [0.717, 1.165) is 7.53 Å². The fourth-order valence-electron chi connectivity index (χ4n) is 0.551. The van der Waals surface area contributed by atoms with Gasteiger partial charge in [-0.1, -0.05) is 39.0 Å². The Labute approximate surface area is 114 Å². The topological polar surface area (TPSA) is 28.7 Å². The molecule has 0 unspecified atom stereocenters. The van der Waals surface area contributed by atoms with Crippen LogP contribution in [0.4, 0.5) is 0 Å². The van der Waals surface area contributed by atoms with E-state index in [9.17, 15) is 0 Å². The SMILES string of the molecule is C1=CC=IC=C1.Ic1cnc(I)[nH]1. The number of aromatic nitrogens is 2. The molecular weight excluding hydrogens is 505 g/mol. The zero-order chi connectivity index (χ0) is 9.52. The van der Waals surface area contributed by atoms with Crippen molar-refractivity contribution in [3.63, 3.8) is 0 Å². The van der Waals surface area contributed by atoms with E-state index < -0.39 is 0 Å². The first kappa shape index (κ1) is 11.8. The minimum atomic E-state index is 0.322.